The first-order valence-electron chi connectivity index (χ1n) is 5.08. The zero-order valence-electron chi connectivity index (χ0n) is 8.41. The summed E-state index contributed by atoms with van der Waals surface area (Å²) in [6.45, 7) is 3.42. The smallest absolute Gasteiger partial charge is 0.0509 e. The van der Waals surface area contributed by atoms with Crippen molar-refractivity contribution in [3.8, 4) is 0 Å². The van der Waals surface area contributed by atoms with Crippen LogP contribution in [0.5, 0.6) is 0 Å². The molecule has 2 rings (SSSR count). The predicted octanol–water partition coefficient (Wildman–Crippen LogP) is 2.81. The van der Waals surface area contributed by atoms with E-state index in [9.17, 15) is 0 Å². The number of rotatable bonds is 2. The Morgan fingerprint density at radius 1 is 1.64 bits per heavy atom. The molecule has 76 valence electrons. The topological polar surface area (TPSA) is 16.1 Å². The van der Waals surface area contributed by atoms with Gasteiger partial charge in [-0.05, 0) is 25.8 Å². The van der Waals surface area contributed by atoms with Crippen LogP contribution >= 0.6 is 11.6 Å². The molecule has 0 N–H and O–H groups in total. The van der Waals surface area contributed by atoms with E-state index in [4.69, 9.17) is 11.6 Å². The first-order chi connectivity index (χ1) is 6.83. The number of aromatic nitrogens is 1. The maximum absolute atomic E-state index is 5.89. The Bertz CT molecular complexity index is 314. The summed E-state index contributed by atoms with van der Waals surface area (Å²) in [5.41, 5.74) is 2.41. The normalized spacial score (nSPS) is 21.6. The van der Waals surface area contributed by atoms with E-state index in [-0.39, 0.29) is 0 Å². The summed E-state index contributed by atoms with van der Waals surface area (Å²) in [5, 5.41) is 0. The van der Waals surface area contributed by atoms with Crippen molar-refractivity contribution in [1.82, 2.24) is 4.98 Å². The lowest BCUT2D eigenvalue weighted by Gasteiger charge is -2.25. The molecule has 1 unspecified atom stereocenters. The Morgan fingerprint density at radius 3 is 3.14 bits per heavy atom. The molecule has 1 fully saturated rings. The molecule has 1 aliphatic heterocycles. The van der Waals surface area contributed by atoms with E-state index < -0.39 is 0 Å². The number of nitrogens with zero attached hydrogens (tertiary/aromatic N) is 2. The van der Waals surface area contributed by atoms with Gasteiger partial charge in [0.25, 0.3) is 0 Å². The molecule has 0 aromatic carbocycles. The van der Waals surface area contributed by atoms with E-state index in [1.807, 2.05) is 12.4 Å². The molecular weight excluding hydrogens is 196 g/mol. The quantitative estimate of drug-likeness (QED) is 0.698. The van der Waals surface area contributed by atoms with Crippen molar-refractivity contribution in [2.24, 2.45) is 0 Å². The second-order valence-electron chi connectivity index (χ2n) is 3.82. The van der Waals surface area contributed by atoms with Crippen LogP contribution in [0, 0.1) is 0 Å². The van der Waals surface area contributed by atoms with Crippen molar-refractivity contribution in [1.29, 1.82) is 0 Å². The lowest BCUT2D eigenvalue weighted by Crippen LogP contribution is -2.27. The fraction of sp³-hybridized carbons (Fsp3) is 0.545. The Hall–Kier alpha value is -0.760. The standard InChI is InChI=1S/C11H15ClN2/c1-9-3-2-6-14(9)11-4-5-13-8-10(11)7-12/h4-5,8-9H,2-3,6-7H2,1H3. The molecule has 0 saturated carbocycles. The molecule has 2 nitrogen and oxygen atoms in total. The lowest BCUT2D eigenvalue weighted by atomic mass is 10.2. The average molecular weight is 211 g/mol. The number of pyridine rings is 1. The summed E-state index contributed by atoms with van der Waals surface area (Å²) in [5.74, 6) is 0.548. The molecule has 1 aliphatic rings. The number of alkyl halides is 1. The van der Waals surface area contributed by atoms with Crippen LogP contribution < -0.4 is 4.90 Å². The van der Waals surface area contributed by atoms with Gasteiger partial charge in [-0.25, -0.2) is 0 Å². The summed E-state index contributed by atoms with van der Waals surface area (Å²) in [6.07, 6.45) is 6.28. The van der Waals surface area contributed by atoms with E-state index in [1.165, 1.54) is 18.5 Å². The van der Waals surface area contributed by atoms with E-state index in [0.29, 0.717) is 11.9 Å². The van der Waals surface area contributed by atoms with Crippen molar-refractivity contribution in [3.63, 3.8) is 0 Å². The molecule has 1 saturated heterocycles. The van der Waals surface area contributed by atoms with Crippen LogP contribution in [0.25, 0.3) is 0 Å². The highest BCUT2D eigenvalue weighted by atomic mass is 35.5. The third kappa shape index (κ3) is 1.71. The van der Waals surface area contributed by atoms with E-state index in [2.05, 4.69) is 22.9 Å². The van der Waals surface area contributed by atoms with Gasteiger partial charge in [-0.15, -0.1) is 11.6 Å². The molecule has 0 radical (unpaired) electrons. The van der Waals surface area contributed by atoms with Gasteiger partial charge in [0.2, 0.25) is 0 Å². The van der Waals surface area contributed by atoms with Crippen LogP contribution in [0.1, 0.15) is 25.3 Å². The molecular formula is C11H15ClN2. The van der Waals surface area contributed by atoms with Crippen LogP contribution in [0.3, 0.4) is 0 Å². The molecule has 1 aromatic rings. The summed E-state index contributed by atoms with van der Waals surface area (Å²) >= 11 is 5.89. The van der Waals surface area contributed by atoms with Gasteiger partial charge in [-0.3, -0.25) is 4.98 Å². The second kappa shape index (κ2) is 4.18. The fourth-order valence-corrected chi connectivity index (χ4v) is 2.30. The van der Waals surface area contributed by atoms with Crippen LogP contribution in [0.2, 0.25) is 0 Å². The minimum atomic E-state index is 0.548. The molecule has 0 bridgehead atoms. The maximum Gasteiger partial charge on any atom is 0.0509 e. The fourth-order valence-electron chi connectivity index (χ4n) is 2.09. The van der Waals surface area contributed by atoms with Crippen molar-refractivity contribution < 1.29 is 0 Å². The largest absolute Gasteiger partial charge is 0.368 e. The van der Waals surface area contributed by atoms with E-state index in [1.54, 1.807) is 0 Å². The summed E-state index contributed by atoms with van der Waals surface area (Å²) in [4.78, 5) is 6.53. The third-order valence-corrected chi connectivity index (χ3v) is 3.17. The Balaban J connectivity index is 2.30. The van der Waals surface area contributed by atoms with Crippen molar-refractivity contribution in [3.05, 3.63) is 24.0 Å². The number of hydrogen-bond acceptors (Lipinski definition) is 2. The van der Waals surface area contributed by atoms with Crippen LogP contribution in [-0.2, 0) is 5.88 Å². The minimum Gasteiger partial charge on any atom is -0.368 e. The van der Waals surface area contributed by atoms with Gasteiger partial charge in [0.1, 0.15) is 0 Å². The van der Waals surface area contributed by atoms with Gasteiger partial charge >= 0.3 is 0 Å². The van der Waals surface area contributed by atoms with Crippen molar-refractivity contribution in [2.75, 3.05) is 11.4 Å². The molecule has 0 aliphatic carbocycles. The number of anilines is 1. The SMILES string of the molecule is CC1CCCN1c1ccncc1CCl. The van der Waals surface area contributed by atoms with Gasteiger partial charge in [0.15, 0.2) is 0 Å². The van der Waals surface area contributed by atoms with Crippen LogP contribution in [-0.4, -0.2) is 17.6 Å². The second-order valence-corrected chi connectivity index (χ2v) is 4.09. The monoisotopic (exact) mass is 210 g/mol. The zero-order chi connectivity index (χ0) is 9.97. The van der Waals surface area contributed by atoms with Crippen molar-refractivity contribution >= 4 is 17.3 Å². The van der Waals surface area contributed by atoms with Gasteiger partial charge < -0.3 is 4.90 Å². The minimum absolute atomic E-state index is 0.548. The molecule has 0 amide bonds. The third-order valence-electron chi connectivity index (χ3n) is 2.88. The first kappa shape index (κ1) is 9.78. The zero-order valence-corrected chi connectivity index (χ0v) is 9.17. The van der Waals surface area contributed by atoms with Gasteiger partial charge in [-0.2, -0.15) is 0 Å². The molecule has 3 heteroatoms. The van der Waals surface area contributed by atoms with Crippen molar-refractivity contribution in [2.45, 2.75) is 31.7 Å². The van der Waals surface area contributed by atoms with E-state index >= 15 is 0 Å². The Labute approximate surface area is 89.9 Å². The molecule has 1 aromatic heterocycles. The van der Waals surface area contributed by atoms with Gasteiger partial charge in [0, 0.05) is 36.2 Å². The Morgan fingerprint density at radius 2 is 2.50 bits per heavy atom. The maximum atomic E-state index is 5.89. The lowest BCUT2D eigenvalue weighted by molar-refractivity contribution is 0.732. The highest BCUT2D eigenvalue weighted by Gasteiger charge is 2.22. The highest BCUT2D eigenvalue weighted by molar-refractivity contribution is 6.17. The number of halogens is 1. The number of hydrogen-bond donors (Lipinski definition) is 0. The Kier molecular flexibility index (Phi) is 2.92. The summed E-state index contributed by atoms with van der Waals surface area (Å²) < 4.78 is 0. The van der Waals surface area contributed by atoms with Crippen LogP contribution in [0.4, 0.5) is 5.69 Å². The average Bonchev–Trinajstić information content (AvgIpc) is 2.64. The van der Waals surface area contributed by atoms with Crippen LogP contribution in [0.15, 0.2) is 18.5 Å². The first-order valence-corrected chi connectivity index (χ1v) is 5.62. The van der Waals surface area contributed by atoms with Gasteiger partial charge in [-0.1, -0.05) is 0 Å². The van der Waals surface area contributed by atoms with Gasteiger partial charge in [0.05, 0.1) is 5.88 Å². The predicted molar refractivity (Wildman–Crippen MR) is 59.8 cm³/mol. The summed E-state index contributed by atoms with van der Waals surface area (Å²) in [6, 6.07) is 2.71. The molecule has 14 heavy (non-hydrogen) atoms. The molecule has 1 atom stereocenters. The highest BCUT2D eigenvalue weighted by Crippen LogP contribution is 2.28. The van der Waals surface area contributed by atoms with E-state index in [0.717, 1.165) is 12.1 Å². The molecule has 2 heterocycles. The molecule has 0 spiro atoms. The summed E-state index contributed by atoms with van der Waals surface area (Å²) in [7, 11) is 0.